The molecule has 6 nitrogen and oxygen atoms in total. The van der Waals surface area contributed by atoms with E-state index in [9.17, 15) is 4.79 Å². The van der Waals surface area contributed by atoms with Crippen molar-refractivity contribution in [2.24, 2.45) is 5.92 Å². The molecule has 0 aliphatic heterocycles. The van der Waals surface area contributed by atoms with Crippen molar-refractivity contribution >= 4 is 17.4 Å². The largest absolute Gasteiger partial charge is 0.478 e. The molecule has 1 aromatic carbocycles. The number of methoxy groups -OCH3 is 1. The fourth-order valence-electron chi connectivity index (χ4n) is 2.12. The molecular formula is C17H22N4O2. The number of amides is 1. The number of rotatable bonds is 7. The normalized spacial score (nSPS) is 10.4. The van der Waals surface area contributed by atoms with Crippen LogP contribution >= 0.6 is 0 Å². The van der Waals surface area contributed by atoms with Crippen LogP contribution in [0.3, 0.4) is 0 Å². The third kappa shape index (κ3) is 5.25. The van der Waals surface area contributed by atoms with Crippen LogP contribution in [0.4, 0.5) is 11.5 Å². The highest BCUT2D eigenvalue weighted by molar-refractivity contribution is 5.90. The third-order valence-corrected chi connectivity index (χ3v) is 3.12. The Balaban J connectivity index is 1.98. The topological polar surface area (TPSA) is 76.1 Å². The van der Waals surface area contributed by atoms with Gasteiger partial charge in [-0.15, -0.1) is 0 Å². The first-order valence-electron chi connectivity index (χ1n) is 7.56. The van der Waals surface area contributed by atoms with Gasteiger partial charge in [-0.1, -0.05) is 26.0 Å². The smallest absolute Gasteiger partial charge is 0.257 e. The molecule has 0 aliphatic carbocycles. The molecule has 0 fully saturated rings. The maximum absolute atomic E-state index is 11.8. The second-order valence-corrected chi connectivity index (χ2v) is 5.61. The van der Waals surface area contributed by atoms with Crippen LogP contribution < -0.4 is 15.4 Å². The van der Waals surface area contributed by atoms with Gasteiger partial charge in [-0.3, -0.25) is 4.79 Å². The molecule has 0 aliphatic rings. The molecule has 0 bridgehead atoms. The summed E-state index contributed by atoms with van der Waals surface area (Å²) >= 11 is 0. The Morgan fingerprint density at radius 2 is 2.04 bits per heavy atom. The Morgan fingerprint density at radius 3 is 2.78 bits per heavy atom. The lowest BCUT2D eigenvalue weighted by Crippen LogP contribution is -2.14. The summed E-state index contributed by atoms with van der Waals surface area (Å²) in [6.07, 6.45) is 3.70. The zero-order chi connectivity index (χ0) is 16.7. The second-order valence-electron chi connectivity index (χ2n) is 5.61. The fraction of sp³-hybridized carbons (Fsp3) is 0.353. The molecule has 0 radical (unpaired) electrons. The Hall–Kier alpha value is -2.63. The Bertz CT molecular complexity index is 659. The second kappa shape index (κ2) is 8.12. The van der Waals surface area contributed by atoms with Crippen molar-refractivity contribution in [3.8, 4) is 5.88 Å². The number of anilines is 2. The number of hydrogen-bond acceptors (Lipinski definition) is 5. The average Bonchev–Trinajstić information content (AvgIpc) is 2.52. The van der Waals surface area contributed by atoms with Crippen LogP contribution in [0.25, 0.3) is 0 Å². The number of nitrogens with zero attached hydrogens (tertiary/aromatic N) is 2. The summed E-state index contributed by atoms with van der Waals surface area (Å²) in [5.74, 6) is 1.41. The van der Waals surface area contributed by atoms with E-state index >= 15 is 0 Å². The lowest BCUT2D eigenvalue weighted by Gasteiger charge is -2.11. The van der Waals surface area contributed by atoms with Gasteiger partial charge in [0.05, 0.1) is 7.11 Å². The van der Waals surface area contributed by atoms with E-state index in [0.717, 1.165) is 11.3 Å². The molecule has 1 heterocycles. The standard InChI is InChI=1S/C17H22N4O2/c1-12(2)9-15(22)21-14-6-4-5-13(10-14)11-20-16-17(23-3)19-8-7-18-16/h4-8,10,12H,9,11H2,1-3H3,(H,18,20)(H,21,22). The first-order chi connectivity index (χ1) is 11.1. The van der Waals surface area contributed by atoms with Gasteiger partial charge in [0, 0.05) is 31.0 Å². The van der Waals surface area contributed by atoms with Gasteiger partial charge in [0.2, 0.25) is 5.91 Å². The highest BCUT2D eigenvalue weighted by Crippen LogP contribution is 2.18. The van der Waals surface area contributed by atoms with Crippen molar-refractivity contribution in [3.63, 3.8) is 0 Å². The van der Waals surface area contributed by atoms with Crippen LogP contribution in [-0.4, -0.2) is 23.0 Å². The summed E-state index contributed by atoms with van der Waals surface area (Å²) in [5.41, 5.74) is 1.82. The molecule has 2 rings (SSSR count). The van der Waals surface area contributed by atoms with E-state index in [4.69, 9.17) is 4.74 Å². The van der Waals surface area contributed by atoms with Crippen LogP contribution in [0.1, 0.15) is 25.8 Å². The first kappa shape index (κ1) is 16.7. The van der Waals surface area contributed by atoms with Gasteiger partial charge in [-0.05, 0) is 23.6 Å². The summed E-state index contributed by atoms with van der Waals surface area (Å²) < 4.78 is 5.15. The third-order valence-electron chi connectivity index (χ3n) is 3.12. The highest BCUT2D eigenvalue weighted by Gasteiger charge is 2.07. The van der Waals surface area contributed by atoms with Crippen LogP contribution in [-0.2, 0) is 11.3 Å². The van der Waals surface area contributed by atoms with E-state index in [2.05, 4.69) is 20.6 Å². The lowest BCUT2D eigenvalue weighted by atomic mass is 10.1. The molecule has 122 valence electrons. The van der Waals surface area contributed by atoms with Crippen LogP contribution in [0.15, 0.2) is 36.7 Å². The van der Waals surface area contributed by atoms with E-state index in [1.807, 2.05) is 38.1 Å². The van der Waals surface area contributed by atoms with Crippen molar-refractivity contribution in [1.29, 1.82) is 0 Å². The molecule has 0 saturated heterocycles. The molecule has 0 saturated carbocycles. The van der Waals surface area contributed by atoms with Crippen molar-refractivity contribution in [2.75, 3.05) is 17.7 Å². The van der Waals surface area contributed by atoms with Crippen molar-refractivity contribution in [1.82, 2.24) is 9.97 Å². The number of nitrogens with one attached hydrogen (secondary N) is 2. The lowest BCUT2D eigenvalue weighted by molar-refractivity contribution is -0.116. The summed E-state index contributed by atoms with van der Waals surface area (Å²) in [4.78, 5) is 20.1. The average molecular weight is 314 g/mol. The Morgan fingerprint density at radius 1 is 1.26 bits per heavy atom. The fourth-order valence-corrected chi connectivity index (χ4v) is 2.12. The van der Waals surface area contributed by atoms with Crippen LogP contribution in [0, 0.1) is 5.92 Å². The summed E-state index contributed by atoms with van der Waals surface area (Å²) in [7, 11) is 1.56. The van der Waals surface area contributed by atoms with Gasteiger partial charge in [0.15, 0.2) is 5.82 Å². The predicted molar refractivity (Wildman–Crippen MR) is 90.4 cm³/mol. The molecule has 2 N–H and O–H groups in total. The minimum atomic E-state index is 0.0284. The maximum atomic E-state index is 11.8. The molecule has 1 amide bonds. The number of benzene rings is 1. The van der Waals surface area contributed by atoms with Gasteiger partial charge in [0.25, 0.3) is 5.88 Å². The molecule has 1 aromatic heterocycles. The zero-order valence-electron chi connectivity index (χ0n) is 13.7. The van der Waals surface area contributed by atoms with Crippen molar-refractivity contribution < 1.29 is 9.53 Å². The molecule has 0 unspecified atom stereocenters. The Labute approximate surface area is 136 Å². The molecular weight excluding hydrogens is 292 g/mol. The highest BCUT2D eigenvalue weighted by atomic mass is 16.5. The number of carbonyl (C=O) groups is 1. The van der Waals surface area contributed by atoms with Crippen molar-refractivity contribution in [2.45, 2.75) is 26.8 Å². The minimum absolute atomic E-state index is 0.0284. The van der Waals surface area contributed by atoms with Gasteiger partial charge in [-0.25, -0.2) is 9.97 Å². The quantitative estimate of drug-likeness (QED) is 0.821. The van der Waals surface area contributed by atoms with Gasteiger partial charge in [-0.2, -0.15) is 0 Å². The minimum Gasteiger partial charge on any atom is -0.478 e. The van der Waals surface area contributed by atoms with Gasteiger partial charge >= 0.3 is 0 Å². The predicted octanol–water partition coefficient (Wildman–Crippen LogP) is 3.08. The van der Waals surface area contributed by atoms with Gasteiger partial charge in [0.1, 0.15) is 0 Å². The summed E-state index contributed by atoms with van der Waals surface area (Å²) in [6.45, 7) is 4.60. The van der Waals surface area contributed by atoms with E-state index in [1.165, 1.54) is 0 Å². The van der Waals surface area contributed by atoms with E-state index in [-0.39, 0.29) is 5.91 Å². The van der Waals surface area contributed by atoms with Crippen molar-refractivity contribution in [3.05, 3.63) is 42.2 Å². The maximum Gasteiger partial charge on any atom is 0.257 e. The van der Waals surface area contributed by atoms with E-state index in [0.29, 0.717) is 30.6 Å². The van der Waals surface area contributed by atoms with Crippen LogP contribution in [0.5, 0.6) is 5.88 Å². The molecule has 23 heavy (non-hydrogen) atoms. The number of aromatic nitrogens is 2. The number of hydrogen-bond donors (Lipinski definition) is 2. The molecule has 0 spiro atoms. The van der Waals surface area contributed by atoms with Gasteiger partial charge < -0.3 is 15.4 Å². The van der Waals surface area contributed by atoms with E-state index < -0.39 is 0 Å². The first-order valence-corrected chi connectivity index (χ1v) is 7.56. The SMILES string of the molecule is COc1nccnc1NCc1cccc(NC(=O)CC(C)C)c1. The monoisotopic (exact) mass is 314 g/mol. The molecule has 6 heteroatoms. The zero-order valence-corrected chi connectivity index (χ0v) is 13.7. The summed E-state index contributed by atoms with van der Waals surface area (Å²) in [5, 5.41) is 6.10. The summed E-state index contributed by atoms with van der Waals surface area (Å²) in [6, 6.07) is 7.71. The Kier molecular flexibility index (Phi) is 5.91. The molecule has 2 aromatic rings. The molecule has 0 atom stereocenters. The number of ether oxygens (including phenoxy) is 1. The van der Waals surface area contributed by atoms with E-state index in [1.54, 1.807) is 19.5 Å². The van der Waals surface area contributed by atoms with Crippen LogP contribution in [0.2, 0.25) is 0 Å². The number of carbonyl (C=O) groups excluding carboxylic acids is 1.